The van der Waals surface area contributed by atoms with Crippen LogP contribution in [0.25, 0.3) is 0 Å². The lowest BCUT2D eigenvalue weighted by atomic mass is 10.1. The summed E-state index contributed by atoms with van der Waals surface area (Å²) in [5.41, 5.74) is 0. The van der Waals surface area contributed by atoms with E-state index in [1.165, 1.54) is 12.8 Å². The van der Waals surface area contributed by atoms with E-state index >= 15 is 0 Å². The van der Waals surface area contributed by atoms with Gasteiger partial charge in [-0.15, -0.1) is 0 Å². The molecule has 2 saturated heterocycles. The summed E-state index contributed by atoms with van der Waals surface area (Å²) >= 11 is 0. The van der Waals surface area contributed by atoms with Crippen molar-refractivity contribution < 1.29 is 9.47 Å². The van der Waals surface area contributed by atoms with Crippen LogP contribution in [0.4, 0.5) is 0 Å². The van der Waals surface area contributed by atoms with E-state index in [0.717, 1.165) is 52.4 Å². The van der Waals surface area contributed by atoms with E-state index in [2.05, 4.69) is 17.1 Å². The first-order valence-electron chi connectivity index (χ1n) is 7.03. The average Bonchev–Trinajstić information content (AvgIpc) is 2.65. The third-order valence-corrected chi connectivity index (χ3v) is 3.76. The Morgan fingerprint density at radius 2 is 2.18 bits per heavy atom. The van der Waals surface area contributed by atoms with Crippen LogP contribution in [-0.4, -0.2) is 63.0 Å². The number of hydrogen-bond donors (Lipinski definition) is 1. The minimum atomic E-state index is 0.368. The third kappa shape index (κ3) is 4.54. The Balaban J connectivity index is 1.66. The Kier molecular flexibility index (Phi) is 5.71. The molecule has 0 amide bonds. The van der Waals surface area contributed by atoms with Crippen LogP contribution in [0, 0.1) is 0 Å². The molecular formula is C13H26N2O2. The molecule has 4 nitrogen and oxygen atoms in total. The second kappa shape index (κ2) is 7.31. The summed E-state index contributed by atoms with van der Waals surface area (Å²) in [5, 5.41) is 3.64. The highest BCUT2D eigenvalue weighted by Gasteiger charge is 2.20. The lowest BCUT2D eigenvalue weighted by Crippen LogP contribution is -2.48. The minimum absolute atomic E-state index is 0.368. The van der Waals surface area contributed by atoms with Gasteiger partial charge >= 0.3 is 0 Å². The maximum absolute atomic E-state index is 5.80. The van der Waals surface area contributed by atoms with Crippen LogP contribution < -0.4 is 5.32 Å². The molecule has 2 atom stereocenters. The predicted octanol–water partition coefficient (Wildman–Crippen LogP) is 0.866. The quantitative estimate of drug-likeness (QED) is 0.793. The van der Waals surface area contributed by atoms with Gasteiger partial charge in [0.25, 0.3) is 0 Å². The van der Waals surface area contributed by atoms with Crippen LogP contribution >= 0.6 is 0 Å². The van der Waals surface area contributed by atoms with Gasteiger partial charge in [0.15, 0.2) is 0 Å². The van der Waals surface area contributed by atoms with Crippen LogP contribution in [-0.2, 0) is 9.47 Å². The number of hydrogen-bond acceptors (Lipinski definition) is 4. The Hall–Kier alpha value is -0.160. The average molecular weight is 242 g/mol. The molecule has 1 N–H and O–H groups in total. The molecule has 0 aromatic carbocycles. The fourth-order valence-electron chi connectivity index (χ4n) is 2.60. The highest BCUT2D eigenvalue weighted by Crippen LogP contribution is 2.09. The van der Waals surface area contributed by atoms with Crippen molar-refractivity contribution in [1.29, 1.82) is 0 Å². The first-order chi connectivity index (χ1) is 8.38. The first-order valence-corrected chi connectivity index (χ1v) is 7.03. The van der Waals surface area contributed by atoms with Gasteiger partial charge in [0.1, 0.15) is 0 Å². The summed E-state index contributed by atoms with van der Waals surface area (Å²) in [5.74, 6) is 0. The summed E-state index contributed by atoms with van der Waals surface area (Å²) in [6, 6.07) is 0.623. The van der Waals surface area contributed by atoms with Gasteiger partial charge in [-0.1, -0.05) is 6.92 Å². The molecule has 0 bridgehead atoms. The van der Waals surface area contributed by atoms with E-state index in [0.29, 0.717) is 12.1 Å². The molecule has 0 saturated carbocycles. The van der Waals surface area contributed by atoms with E-state index < -0.39 is 0 Å². The van der Waals surface area contributed by atoms with Gasteiger partial charge in [0.2, 0.25) is 0 Å². The van der Waals surface area contributed by atoms with E-state index in [1.807, 2.05) is 0 Å². The summed E-state index contributed by atoms with van der Waals surface area (Å²) in [7, 11) is 0. The van der Waals surface area contributed by atoms with E-state index in [1.54, 1.807) is 0 Å². The van der Waals surface area contributed by atoms with Gasteiger partial charge in [-0.3, -0.25) is 4.90 Å². The second-order valence-corrected chi connectivity index (χ2v) is 5.03. The van der Waals surface area contributed by atoms with Gasteiger partial charge in [-0.05, 0) is 25.8 Å². The highest BCUT2D eigenvalue weighted by atomic mass is 16.5. The number of rotatable bonds is 4. The molecular weight excluding hydrogens is 216 g/mol. The topological polar surface area (TPSA) is 33.7 Å². The normalized spacial score (nSPS) is 32.3. The number of morpholine rings is 1. The molecule has 2 aliphatic heterocycles. The van der Waals surface area contributed by atoms with Crippen molar-refractivity contribution in [3.8, 4) is 0 Å². The molecule has 0 aromatic rings. The number of likely N-dealkylation sites (N-methyl/N-ethyl adjacent to an activating group) is 1. The van der Waals surface area contributed by atoms with Gasteiger partial charge in [0.05, 0.1) is 12.7 Å². The van der Waals surface area contributed by atoms with Crippen molar-refractivity contribution in [3.05, 3.63) is 0 Å². The zero-order valence-corrected chi connectivity index (χ0v) is 11.0. The van der Waals surface area contributed by atoms with Crippen molar-refractivity contribution in [2.45, 2.75) is 38.3 Å². The molecule has 2 unspecified atom stereocenters. The van der Waals surface area contributed by atoms with Crippen molar-refractivity contribution >= 4 is 0 Å². The molecule has 0 radical (unpaired) electrons. The lowest BCUT2D eigenvalue weighted by molar-refractivity contribution is -0.0265. The van der Waals surface area contributed by atoms with Crippen LogP contribution in [0.3, 0.4) is 0 Å². The lowest BCUT2D eigenvalue weighted by Gasteiger charge is -2.33. The van der Waals surface area contributed by atoms with E-state index in [-0.39, 0.29) is 0 Å². The van der Waals surface area contributed by atoms with Crippen molar-refractivity contribution in [2.24, 2.45) is 0 Å². The summed E-state index contributed by atoms with van der Waals surface area (Å²) in [6.07, 6.45) is 3.94. The standard InChI is InChI=1S/C13H26N2O2/c1-2-15-6-9-17-13(11-15)10-14-12-4-3-7-16-8-5-12/h12-14H,2-11H2,1H3. The third-order valence-electron chi connectivity index (χ3n) is 3.76. The first kappa shape index (κ1) is 13.3. The van der Waals surface area contributed by atoms with Gasteiger partial charge in [-0.25, -0.2) is 0 Å². The predicted molar refractivity (Wildman–Crippen MR) is 68.3 cm³/mol. The Morgan fingerprint density at radius 1 is 1.24 bits per heavy atom. The number of nitrogens with one attached hydrogen (secondary N) is 1. The fourth-order valence-corrected chi connectivity index (χ4v) is 2.60. The van der Waals surface area contributed by atoms with Gasteiger partial charge < -0.3 is 14.8 Å². The summed E-state index contributed by atoms with van der Waals surface area (Å²) < 4.78 is 11.3. The number of ether oxygens (including phenoxy) is 2. The van der Waals surface area contributed by atoms with Crippen molar-refractivity contribution in [3.63, 3.8) is 0 Å². The van der Waals surface area contributed by atoms with Gasteiger partial charge in [0, 0.05) is 38.9 Å². The van der Waals surface area contributed by atoms with E-state index in [4.69, 9.17) is 9.47 Å². The van der Waals surface area contributed by atoms with Crippen molar-refractivity contribution in [1.82, 2.24) is 10.2 Å². The second-order valence-electron chi connectivity index (χ2n) is 5.03. The molecule has 0 aliphatic carbocycles. The largest absolute Gasteiger partial charge is 0.381 e. The Morgan fingerprint density at radius 3 is 3.06 bits per heavy atom. The Labute approximate surface area is 105 Å². The van der Waals surface area contributed by atoms with Crippen LogP contribution in [0.15, 0.2) is 0 Å². The molecule has 2 fully saturated rings. The highest BCUT2D eigenvalue weighted by molar-refractivity contribution is 4.76. The molecule has 2 aliphatic rings. The Bertz CT molecular complexity index is 206. The molecule has 2 heterocycles. The zero-order chi connectivity index (χ0) is 11.9. The molecule has 0 aromatic heterocycles. The SMILES string of the molecule is CCN1CCOC(CNC2CCCOCC2)C1. The molecule has 4 heteroatoms. The van der Waals surface area contributed by atoms with Crippen molar-refractivity contribution in [2.75, 3.05) is 46.0 Å². The summed E-state index contributed by atoms with van der Waals surface area (Å²) in [6.45, 7) is 9.23. The smallest absolute Gasteiger partial charge is 0.0826 e. The molecule has 0 spiro atoms. The number of nitrogens with zero attached hydrogens (tertiary/aromatic N) is 1. The minimum Gasteiger partial charge on any atom is -0.381 e. The van der Waals surface area contributed by atoms with Crippen LogP contribution in [0.1, 0.15) is 26.2 Å². The van der Waals surface area contributed by atoms with Crippen LogP contribution in [0.5, 0.6) is 0 Å². The van der Waals surface area contributed by atoms with Crippen LogP contribution in [0.2, 0.25) is 0 Å². The maximum Gasteiger partial charge on any atom is 0.0826 e. The van der Waals surface area contributed by atoms with E-state index in [9.17, 15) is 0 Å². The monoisotopic (exact) mass is 242 g/mol. The molecule has 2 rings (SSSR count). The summed E-state index contributed by atoms with van der Waals surface area (Å²) in [4.78, 5) is 2.46. The molecule has 17 heavy (non-hydrogen) atoms. The van der Waals surface area contributed by atoms with Gasteiger partial charge in [-0.2, -0.15) is 0 Å². The molecule has 100 valence electrons. The maximum atomic E-state index is 5.80. The zero-order valence-electron chi connectivity index (χ0n) is 11.0. The fraction of sp³-hybridized carbons (Fsp3) is 1.00.